The summed E-state index contributed by atoms with van der Waals surface area (Å²) in [6, 6.07) is 13.1. The Labute approximate surface area is 259 Å². The number of fused-ring (bicyclic) bond motifs is 2. The maximum atomic E-state index is 14.3. The maximum absolute atomic E-state index is 14.3. The molecule has 2 aromatic carbocycles. The molecular weight excluding hydrogens is 622 g/mol. The van der Waals surface area contributed by atoms with Crippen LogP contribution in [0.15, 0.2) is 56.5 Å². The molecule has 1 amide bonds. The van der Waals surface area contributed by atoms with Crippen LogP contribution in [0.3, 0.4) is 0 Å². The van der Waals surface area contributed by atoms with Crippen LogP contribution >= 0.6 is 58.7 Å². The van der Waals surface area contributed by atoms with Crippen molar-refractivity contribution in [3.8, 4) is 5.75 Å². The standard InChI is InChI=1S/C29H24ClNO6S4/c1-6-37-14-11-12-17-16(13-14)19(28-40-22(26(33)35-4)23(41-28)27(34)36-5)24(38)29(2,3)31(17)25(32)21-20(30)15-9-7-8-10-18(15)39-21/h7-13H,6H2,1-5H3. The molecule has 0 aliphatic carbocycles. The summed E-state index contributed by atoms with van der Waals surface area (Å²) in [6.45, 7) is 6.05. The van der Waals surface area contributed by atoms with Gasteiger partial charge in [0.1, 0.15) is 20.4 Å². The number of anilines is 1. The lowest BCUT2D eigenvalue weighted by molar-refractivity contribution is -0.138. The molecule has 2 aliphatic heterocycles. The van der Waals surface area contributed by atoms with E-state index in [1.165, 1.54) is 25.6 Å². The highest BCUT2D eigenvalue weighted by molar-refractivity contribution is 8.29. The second-order valence-corrected chi connectivity index (χ2v) is 13.5. The number of methoxy groups -OCH3 is 2. The predicted octanol–water partition coefficient (Wildman–Crippen LogP) is 7.47. The lowest BCUT2D eigenvalue weighted by Crippen LogP contribution is -2.55. The Morgan fingerprint density at radius 2 is 1.63 bits per heavy atom. The van der Waals surface area contributed by atoms with Crippen LogP contribution in [0.2, 0.25) is 5.02 Å². The van der Waals surface area contributed by atoms with Crippen LogP contribution in [0.4, 0.5) is 5.69 Å². The Morgan fingerprint density at radius 3 is 2.22 bits per heavy atom. The number of benzene rings is 2. The molecule has 3 aromatic rings. The number of ether oxygens (including phenoxy) is 3. The summed E-state index contributed by atoms with van der Waals surface area (Å²) >= 11 is 16.4. The van der Waals surface area contributed by atoms with E-state index in [4.69, 9.17) is 38.0 Å². The molecule has 2 aliphatic rings. The number of thioether (sulfide) groups is 2. The van der Waals surface area contributed by atoms with Gasteiger partial charge in [0.25, 0.3) is 5.91 Å². The maximum Gasteiger partial charge on any atom is 0.346 e. The van der Waals surface area contributed by atoms with Crippen molar-refractivity contribution in [2.75, 3.05) is 25.7 Å². The van der Waals surface area contributed by atoms with Gasteiger partial charge in [-0.2, -0.15) is 0 Å². The zero-order valence-electron chi connectivity index (χ0n) is 22.7. The first-order chi connectivity index (χ1) is 19.5. The molecule has 12 heteroatoms. The molecule has 212 valence electrons. The molecule has 5 rings (SSSR count). The molecule has 0 N–H and O–H groups in total. The fourth-order valence-electron chi connectivity index (χ4n) is 4.67. The predicted molar refractivity (Wildman–Crippen MR) is 171 cm³/mol. The van der Waals surface area contributed by atoms with Crippen LogP contribution in [-0.4, -0.2) is 49.1 Å². The summed E-state index contributed by atoms with van der Waals surface area (Å²) in [5.74, 6) is -1.01. The minimum absolute atomic E-state index is 0.116. The minimum atomic E-state index is -0.991. The molecule has 0 saturated carbocycles. The van der Waals surface area contributed by atoms with Crippen LogP contribution in [0.5, 0.6) is 5.75 Å². The molecular formula is C29H24ClNO6S4. The highest BCUT2D eigenvalue weighted by atomic mass is 35.5. The van der Waals surface area contributed by atoms with Crippen LogP contribution < -0.4 is 9.64 Å². The number of amides is 1. The first-order valence-electron chi connectivity index (χ1n) is 12.4. The monoisotopic (exact) mass is 645 g/mol. The summed E-state index contributed by atoms with van der Waals surface area (Å²) in [4.78, 5) is 42.3. The van der Waals surface area contributed by atoms with Gasteiger partial charge in [-0.05, 0) is 45.0 Å². The third kappa shape index (κ3) is 4.97. The van der Waals surface area contributed by atoms with E-state index in [-0.39, 0.29) is 15.7 Å². The Kier molecular flexibility index (Phi) is 8.28. The lowest BCUT2D eigenvalue weighted by Gasteiger charge is -2.45. The average molecular weight is 646 g/mol. The van der Waals surface area contributed by atoms with Gasteiger partial charge in [-0.25, -0.2) is 9.59 Å². The van der Waals surface area contributed by atoms with Crippen molar-refractivity contribution in [1.29, 1.82) is 0 Å². The highest BCUT2D eigenvalue weighted by Crippen LogP contribution is 2.56. The van der Waals surface area contributed by atoms with Crippen LogP contribution in [0, 0.1) is 0 Å². The molecule has 0 radical (unpaired) electrons. The Balaban J connectivity index is 1.71. The molecule has 7 nitrogen and oxygen atoms in total. The largest absolute Gasteiger partial charge is 0.494 e. The Morgan fingerprint density at radius 1 is 1.00 bits per heavy atom. The van der Waals surface area contributed by atoms with Gasteiger partial charge in [0.05, 0.1) is 46.2 Å². The molecule has 0 unspecified atom stereocenters. The van der Waals surface area contributed by atoms with Crippen molar-refractivity contribution in [3.05, 3.63) is 72.0 Å². The molecule has 0 spiro atoms. The van der Waals surface area contributed by atoms with Gasteiger partial charge in [-0.1, -0.05) is 65.5 Å². The van der Waals surface area contributed by atoms with Gasteiger partial charge < -0.3 is 14.2 Å². The van der Waals surface area contributed by atoms with Gasteiger partial charge in [-0.15, -0.1) is 11.3 Å². The van der Waals surface area contributed by atoms with Gasteiger partial charge in [0.15, 0.2) is 0 Å². The minimum Gasteiger partial charge on any atom is -0.494 e. The quantitative estimate of drug-likeness (QED) is 0.159. The van der Waals surface area contributed by atoms with E-state index in [2.05, 4.69) is 0 Å². The molecule has 3 heterocycles. The van der Waals surface area contributed by atoms with E-state index >= 15 is 0 Å². The SMILES string of the molecule is CCOc1ccc2c(c1)C(=C1SC(C(=O)OC)=C(C(=O)OC)S1)C(=S)C(C)(C)N2C(=O)c1sc2ccccc2c1Cl. The summed E-state index contributed by atoms with van der Waals surface area (Å²) in [6.07, 6.45) is 0. The Hall–Kier alpha value is -2.83. The van der Waals surface area contributed by atoms with Crippen LogP contribution in [0.1, 0.15) is 36.0 Å². The normalized spacial score (nSPS) is 16.2. The number of nitrogens with zero attached hydrogens (tertiary/aromatic N) is 1. The first-order valence-corrected chi connectivity index (χ1v) is 15.6. The van der Waals surface area contributed by atoms with E-state index in [1.807, 2.05) is 57.2 Å². The molecule has 1 aromatic heterocycles. The topological polar surface area (TPSA) is 82.1 Å². The average Bonchev–Trinajstić information content (AvgIpc) is 3.55. The Bertz CT molecular complexity index is 1680. The van der Waals surface area contributed by atoms with Gasteiger partial charge in [-0.3, -0.25) is 9.69 Å². The number of rotatable bonds is 5. The molecule has 0 atom stereocenters. The number of esters is 2. The number of thiophene rings is 1. The van der Waals surface area contributed by atoms with Crippen molar-refractivity contribution in [1.82, 2.24) is 0 Å². The van der Waals surface area contributed by atoms with Gasteiger partial charge in [0, 0.05) is 21.2 Å². The summed E-state index contributed by atoms with van der Waals surface area (Å²) in [5.41, 5.74) is 0.870. The van der Waals surface area contributed by atoms with Crippen LogP contribution in [-0.2, 0) is 19.1 Å². The van der Waals surface area contributed by atoms with Crippen molar-refractivity contribution in [2.24, 2.45) is 0 Å². The zero-order valence-corrected chi connectivity index (χ0v) is 26.7. The first kappa shape index (κ1) is 29.7. The van der Waals surface area contributed by atoms with E-state index in [9.17, 15) is 14.4 Å². The molecule has 0 fully saturated rings. The number of carbonyl (C=O) groups excluding carboxylic acids is 3. The molecule has 0 bridgehead atoms. The molecule has 41 heavy (non-hydrogen) atoms. The van der Waals surface area contributed by atoms with Crippen molar-refractivity contribution in [2.45, 2.75) is 26.3 Å². The number of halogens is 1. The van der Waals surface area contributed by atoms with Gasteiger partial charge >= 0.3 is 11.9 Å². The van der Waals surface area contributed by atoms with Crippen molar-refractivity contribution in [3.63, 3.8) is 0 Å². The second-order valence-electron chi connectivity index (χ2n) is 9.39. The number of thiocarbonyl (C=S) groups is 1. The highest BCUT2D eigenvalue weighted by Gasteiger charge is 2.47. The third-order valence-corrected chi connectivity index (χ3v) is 11.5. The second kappa shape index (κ2) is 11.4. The van der Waals surface area contributed by atoms with E-state index in [1.54, 1.807) is 11.0 Å². The smallest absolute Gasteiger partial charge is 0.346 e. The summed E-state index contributed by atoms with van der Waals surface area (Å²) in [7, 11) is 2.50. The lowest BCUT2D eigenvalue weighted by atomic mass is 9.83. The van der Waals surface area contributed by atoms with Crippen molar-refractivity contribution < 1.29 is 28.6 Å². The number of carbonyl (C=O) groups is 3. The van der Waals surface area contributed by atoms with E-state index in [0.29, 0.717) is 48.2 Å². The summed E-state index contributed by atoms with van der Waals surface area (Å²) in [5, 5.41) is 1.20. The fraction of sp³-hybridized carbons (Fsp3) is 0.241. The third-order valence-electron chi connectivity index (χ3n) is 6.60. The van der Waals surface area contributed by atoms with E-state index < -0.39 is 17.5 Å². The molecule has 0 saturated heterocycles. The zero-order chi connectivity index (χ0) is 29.6. The number of hydrogen-bond donors (Lipinski definition) is 0. The fourth-order valence-corrected chi connectivity index (χ4v) is 9.15. The number of hydrogen-bond acceptors (Lipinski definition) is 10. The van der Waals surface area contributed by atoms with Crippen molar-refractivity contribution >= 4 is 103 Å². The van der Waals surface area contributed by atoms with Gasteiger partial charge in [0.2, 0.25) is 0 Å². The van der Waals surface area contributed by atoms with E-state index in [0.717, 1.165) is 33.6 Å². The summed E-state index contributed by atoms with van der Waals surface area (Å²) < 4.78 is 17.2. The van der Waals surface area contributed by atoms with Crippen LogP contribution in [0.25, 0.3) is 15.7 Å².